The number of halogens is 6. The zero-order valence-electron chi connectivity index (χ0n) is 28.5. The molecule has 0 aliphatic carbocycles. The van der Waals surface area contributed by atoms with Crippen molar-refractivity contribution in [2.75, 3.05) is 13.2 Å². The fraction of sp³-hybridized carbons (Fsp3) is 0.455. The predicted molar refractivity (Wildman–Crippen MR) is 174 cm³/mol. The molecule has 2 aromatic heterocycles. The minimum Gasteiger partial charge on any atom is -0.481 e. The average molecular weight is 729 g/mol. The number of hydrogen-bond donors (Lipinski definition) is 1. The number of rotatable bonds is 12. The van der Waals surface area contributed by atoms with Gasteiger partial charge in [0.1, 0.15) is 18.3 Å². The normalized spacial score (nSPS) is 14.0. The number of fused-ring (bicyclic) bond motifs is 1. The fourth-order valence-corrected chi connectivity index (χ4v) is 5.58. The van der Waals surface area contributed by atoms with Crippen LogP contribution in [-0.2, 0) is 31.5 Å². The molecule has 0 fully saturated rings. The maximum atomic E-state index is 13.8. The van der Waals surface area contributed by atoms with Gasteiger partial charge in [-0.1, -0.05) is 38.1 Å². The molecule has 50 heavy (non-hydrogen) atoms. The van der Waals surface area contributed by atoms with Gasteiger partial charge < -0.3 is 28.3 Å². The van der Waals surface area contributed by atoms with Gasteiger partial charge in [0.25, 0.3) is 5.89 Å². The molecule has 0 aliphatic rings. The molecule has 1 amide bonds. The maximum Gasteiger partial charge on any atom is 0.425 e. The van der Waals surface area contributed by atoms with Crippen molar-refractivity contribution in [1.82, 2.24) is 20.0 Å². The van der Waals surface area contributed by atoms with Crippen LogP contribution < -0.4 is 10.1 Å². The van der Waals surface area contributed by atoms with Crippen LogP contribution in [0.25, 0.3) is 33.7 Å². The molecular weight excluding hydrogens is 690 g/mol. The van der Waals surface area contributed by atoms with E-state index in [4.69, 9.17) is 13.7 Å². The summed E-state index contributed by atoms with van der Waals surface area (Å²) in [6.07, 6.45) is -10.8. The second-order valence-electron chi connectivity index (χ2n) is 13.1. The first kappa shape index (κ1) is 38.4. The van der Waals surface area contributed by atoms with Crippen molar-refractivity contribution in [2.24, 2.45) is 0 Å². The van der Waals surface area contributed by atoms with Crippen LogP contribution in [-0.4, -0.2) is 66.4 Å². The summed E-state index contributed by atoms with van der Waals surface area (Å²) in [5.74, 6) is -2.41. The van der Waals surface area contributed by atoms with E-state index in [2.05, 4.69) is 41.0 Å². The molecule has 0 saturated carbocycles. The standard InChI is InChI=1S/C33H38F6N4O6Si/c1-8-46-30(45)24(18-47-50(6,7)31(3,4)5)40-27(44)17-43-15-14-21-22(10-9-11-25(21)43)28-41-29(49-42-28)20-12-13-26(23(16-20)33(37,38)39)48-19(2)32(34,35)36/h9-16,19,24H,8,17-18H2,1-7H3,(H,40,44)/t19-,24-/m0/s1. The predicted octanol–water partition coefficient (Wildman–Crippen LogP) is 7.78. The van der Waals surface area contributed by atoms with Crippen LogP contribution in [0.2, 0.25) is 18.1 Å². The molecule has 0 bridgehead atoms. The molecule has 17 heteroatoms. The van der Waals surface area contributed by atoms with Crippen molar-refractivity contribution < 1.29 is 54.4 Å². The smallest absolute Gasteiger partial charge is 0.425 e. The van der Waals surface area contributed by atoms with Gasteiger partial charge in [0.2, 0.25) is 11.7 Å². The van der Waals surface area contributed by atoms with Gasteiger partial charge in [0.15, 0.2) is 14.4 Å². The summed E-state index contributed by atoms with van der Waals surface area (Å²) in [4.78, 5) is 30.1. The van der Waals surface area contributed by atoms with Crippen LogP contribution in [0.15, 0.2) is 53.2 Å². The summed E-state index contributed by atoms with van der Waals surface area (Å²) < 4.78 is 103. The lowest BCUT2D eigenvalue weighted by molar-refractivity contribution is -0.191. The minimum absolute atomic E-state index is 0.0116. The number of carbonyl (C=O) groups is 2. The fourth-order valence-electron chi connectivity index (χ4n) is 4.57. The third-order valence-corrected chi connectivity index (χ3v) is 12.9. The Morgan fingerprint density at radius 2 is 1.74 bits per heavy atom. The lowest BCUT2D eigenvalue weighted by atomic mass is 10.1. The van der Waals surface area contributed by atoms with Gasteiger partial charge in [-0.05, 0) is 62.3 Å². The van der Waals surface area contributed by atoms with Crippen molar-refractivity contribution in [3.05, 3.63) is 54.2 Å². The highest BCUT2D eigenvalue weighted by Gasteiger charge is 2.42. The number of carbonyl (C=O) groups excluding carboxylic acids is 2. The number of amides is 1. The van der Waals surface area contributed by atoms with Gasteiger partial charge in [-0.25, -0.2) is 4.79 Å². The molecule has 2 atom stereocenters. The minimum atomic E-state index is -5.05. The van der Waals surface area contributed by atoms with Gasteiger partial charge in [0, 0.05) is 28.2 Å². The SMILES string of the molecule is CCOC(=O)[C@H](CO[Si](C)(C)C(C)(C)C)NC(=O)Cn1ccc2c(-c3noc(-c4ccc(O[C@@H](C)C(F)(F)F)c(C(F)(F)F)c4)n3)cccc21. The summed E-state index contributed by atoms with van der Waals surface area (Å²) in [7, 11) is -2.25. The Morgan fingerprint density at radius 3 is 2.36 bits per heavy atom. The van der Waals surface area contributed by atoms with E-state index in [1.165, 1.54) is 0 Å². The van der Waals surface area contributed by atoms with Crippen LogP contribution in [0, 0.1) is 0 Å². The first-order chi connectivity index (χ1) is 23.1. The van der Waals surface area contributed by atoms with Gasteiger partial charge in [-0.2, -0.15) is 31.3 Å². The number of aromatic nitrogens is 3. The highest BCUT2D eigenvalue weighted by Crippen LogP contribution is 2.41. The van der Waals surface area contributed by atoms with Crippen LogP contribution >= 0.6 is 0 Å². The maximum absolute atomic E-state index is 13.8. The summed E-state index contributed by atoms with van der Waals surface area (Å²) in [6.45, 7) is 12.4. The van der Waals surface area contributed by atoms with Crippen molar-refractivity contribution in [3.63, 3.8) is 0 Å². The van der Waals surface area contributed by atoms with Gasteiger partial charge in [-0.15, -0.1) is 0 Å². The second kappa shape index (κ2) is 14.5. The zero-order chi connectivity index (χ0) is 37.2. The van der Waals surface area contributed by atoms with E-state index in [-0.39, 0.29) is 42.1 Å². The van der Waals surface area contributed by atoms with E-state index < -0.39 is 56.0 Å². The first-order valence-electron chi connectivity index (χ1n) is 15.6. The van der Waals surface area contributed by atoms with E-state index in [0.29, 0.717) is 29.5 Å². The van der Waals surface area contributed by atoms with Gasteiger partial charge >= 0.3 is 18.3 Å². The van der Waals surface area contributed by atoms with Crippen LogP contribution in [0.5, 0.6) is 5.75 Å². The summed E-state index contributed by atoms with van der Waals surface area (Å²) in [5.41, 5.74) is -0.633. The van der Waals surface area contributed by atoms with Crippen LogP contribution in [0.3, 0.4) is 0 Å². The summed E-state index contributed by atoms with van der Waals surface area (Å²) in [6, 6.07) is 8.12. The molecule has 0 saturated heterocycles. The highest BCUT2D eigenvalue weighted by molar-refractivity contribution is 6.74. The number of nitrogens with zero attached hydrogens (tertiary/aromatic N) is 3. The Bertz CT molecular complexity index is 1830. The van der Waals surface area contributed by atoms with Crippen LogP contribution in [0.4, 0.5) is 26.3 Å². The highest BCUT2D eigenvalue weighted by atomic mass is 28.4. The number of esters is 1. The molecule has 2 heterocycles. The van der Waals surface area contributed by atoms with Crippen molar-refractivity contribution >= 4 is 31.1 Å². The Balaban J connectivity index is 1.56. The Hall–Kier alpha value is -4.38. The lowest BCUT2D eigenvalue weighted by Gasteiger charge is -2.37. The number of ether oxygens (including phenoxy) is 2. The average Bonchev–Trinajstić information content (AvgIpc) is 3.66. The largest absolute Gasteiger partial charge is 0.481 e. The third-order valence-electron chi connectivity index (χ3n) is 8.41. The molecule has 2 aromatic carbocycles. The summed E-state index contributed by atoms with van der Waals surface area (Å²) in [5, 5.41) is 7.08. The molecule has 0 aliphatic heterocycles. The molecule has 0 unspecified atom stereocenters. The number of nitrogens with one attached hydrogen (secondary N) is 1. The number of hydrogen-bond acceptors (Lipinski definition) is 8. The monoisotopic (exact) mass is 728 g/mol. The van der Waals surface area contributed by atoms with Gasteiger partial charge in [0.05, 0.1) is 18.8 Å². The molecule has 1 N–H and O–H groups in total. The molecule has 4 rings (SSSR count). The number of benzene rings is 2. The van der Waals surface area contributed by atoms with E-state index >= 15 is 0 Å². The lowest BCUT2D eigenvalue weighted by Crippen LogP contribution is -2.50. The molecular formula is C33H38F6N4O6Si. The summed E-state index contributed by atoms with van der Waals surface area (Å²) >= 11 is 0. The van der Waals surface area contributed by atoms with Gasteiger partial charge in [-0.3, -0.25) is 4.79 Å². The first-order valence-corrected chi connectivity index (χ1v) is 18.5. The van der Waals surface area contributed by atoms with Crippen molar-refractivity contribution in [3.8, 4) is 28.6 Å². The molecule has 0 radical (unpaired) electrons. The number of alkyl halides is 6. The second-order valence-corrected chi connectivity index (χ2v) is 17.9. The van der Waals surface area contributed by atoms with Crippen molar-refractivity contribution in [1.29, 1.82) is 0 Å². The van der Waals surface area contributed by atoms with Crippen LogP contribution in [0.1, 0.15) is 40.2 Å². The Kier molecular flexibility index (Phi) is 11.1. The Labute approximate surface area is 285 Å². The van der Waals surface area contributed by atoms with E-state index in [1.807, 2.05) is 13.1 Å². The van der Waals surface area contributed by atoms with Crippen molar-refractivity contribution in [2.45, 2.75) is 83.8 Å². The molecule has 272 valence electrons. The quantitative estimate of drug-likeness (QED) is 0.0894. The molecule has 0 spiro atoms. The zero-order valence-corrected chi connectivity index (χ0v) is 29.5. The molecule has 10 nitrogen and oxygen atoms in total. The van der Waals surface area contributed by atoms with E-state index in [1.54, 1.807) is 42.0 Å². The Morgan fingerprint density at radius 1 is 1.04 bits per heavy atom. The topological polar surface area (TPSA) is 118 Å². The van der Waals surface area contributed by atoms with E-state index in [0.717, 1.165) is 12.1 Å². The third kappa shape index (κ3) is 8.85. The van der Waals surface area contributed by atoms with E-state index in [9.17, 15) is 35.9 Å². The molecule has 4 aromatic rings.